The van der Waals surface area contributed by atoms with Gasteiger partial charge >= 0.3 is 6.09 Å². The van der Waals surface area contributed by atoms with Gasteiger partial charge in [-0.05, 0) is 85.4 Å². The van der Waals surface area contributed by atoms with Crippen LogP contribution in [-0.2, 0) is 4.74 Å². The Labute approximate surface area is 284 Å². The van der Waals surface area contributed by atoms with E-state index in [4.69, 9.17) is 9.47 Å². The summed E-state index contributed by atoms with van der Waals surface area (Å²) in [5.74, 6) is 0.308. The van der Waals surface area contributed by atoms with E-state index in [1.807, 2.05) is 48.5 Å². The van der Waals surface area contributed by atoms with Gasteiger partial charge in [-0.1, -0.05) is 13.8 Å². The van der Waals surface area contributed by atoms with E-state index < -0.39 is 18.0 Å². The van der Waals surface area contributed by atoms with Gasteiger partial charge in [-0.25, -0.2) is 14.2 Å². The Balaban J connectivity index is 1.40. The molecule has 1 aromatic heterocycles. The molecule has 1 aromatic carbocycles. The van der Waals surface area contributed by atoms with Crippen LogP contribution in [0.5, 0.6) is 11.6 Å². The molecule has 12 nitrogen and oxygen atoms in total. The second-order valence-corrected chi connectivity index (χ2v) is 14.8. The van der Waals surface area contributed by atoms with Crippen molar-refractivity contribution in [2.75, 3.05) is 50.8 Å². The van der Waals surface area contributed by atoms with Crippen molar-refractivity contribution < 1.29 is 28.6 Å². The molecule has 1 spiro atoms. The Bertz CT molecular complexity index is 1410. The lowest BCUT2D eigenvalue weighted by molar-refractivity contribution is -0.0532. The first-order valence-electron chi connectivity index (χ1n) is 17.2. The lowest BCUT2D eigenvalue weighted by Gasteiger charge is -2.53. The van der Waals surface area contributed by atoms with E-state index in [0.29, 0.717) is 31.2 Å². The predicted octanol–water partition coefficient (Wildman–Crippen LogP) is 5.22. The predicted molar refractivity (Wildman–Crippen MR) is 182 cm³/mol. The SMILES string of the molecule is CCN(C(=O)c1cc(F)ccc1Oc1nncnc1N1CCC2(C1)CN(C(CC(O)COC(=O)N(CC)C(C)(C)C)C(C)C)C2)C(C)C. The molecule has 13 heteroatoms. The second-order valence-electron chi connectivity index (χ2n) is 14.8. The third kappa shape index (κ3) is 8.52. The maximum absolute atomic E-state index is 14.3. The fraction of sp³-hybridized carbons (Fsp3) is 0.686. The number of likely N-dealkylation sites (tertiary alicyclic amines) is 1. The molecule has 3 heterocycles. The summed E-state index contributed by atoms with van der Waals surface area (Å²) in [5, 5.41) is 19.0. The minimum absolute atomic E-state index is 0.0387. The van der Waals surface area contributed by atoms with E-state index in [-0.39, 0.29) is 52.7 Å². The first-order chi connectivity index (χ1) is 22.6. The van der Waals surface area contributed by atoms with Gasteiger partial charge in [0.25, 0.3) is 11.8 Å². The summed E-state index contributed by atoms with van der Waals surface area (Å²) in [4.78, 5) is 38.4. The Morgan fingerprint density at radius 3 is 2.42 bits per heavy atom. The highest BCUT2D eigenvalue weighted by molar-refractivity contribution is 5.97. The molecule has 4 rings (SSSR count). The molecule has 1 N–H and O–H groups in total. The Morgan fingerprint density at radius 2 is 1.81 bits per heavy atom. The molecular weight excluding hydrogens is 617 g/mol. The fourth-order valence-corrected chi connectivity index (χ4v) is 7.04. The van der Waals surface area contributed by atoms with Crippen LogP contribution >= 0.6 is 0 Å². The highest BCUT2D eigenvalue weighted by Gasteiger charge is 2.50. The van der Waals surface area contributed by atoms with Crippen LogP contribution in [-0.4, -0.2) is 117 Å². The molecule has 2 amide bonds. The highest BCUT2D eigenvalue weighted by atomic mass is 19.1. The Morgan fingerprint density at radius 1 is 1.10 bits per heavy atom. The molecule has 0 aliphatic carbocycles. The largest absolute Gasteiger partial charge is 0.447 e. The number of ether oxygens (including phenoxy) is 2. The summed E-state index contributed by atoms with van der Waals surface area (Å²) < 4.78 is 26.0. The lowest BCUT2D eigenvalue weighted by Crippen LogP contribution is -2.62. The van der Waals surface area contributed by atoms with Gasteiger partial charge in [-0.15, -0.1) is 10.2 Å². The summed E-state index contributed by atoms with van der Waals surface area (Å²) in [6.45, 7) is 21.9. The van der Waals surface area contributed by atoms with Gasteiger partial charge in [0.1, 0.15) is 24.5 Å². The highest BCUT2D eigenvalue weighted by Crippen LogP contribution is 2.44. The van der Waals surface area contributed by atoms with Crippen LogP contribution in [0, 0.1) is 17.2 Å². The monoisotopic (exact) mass is 671 g/mol. The average Bonchev–Trinajstić information content (AvgIpc) is 3.45. The van der Waals surface area contributed by atoms with Crippen molar-refractivity contribution in [2.45, 2.75) is 98.9 Å². The van der Waals surface area contributed by atoms with Crippen molar-refractivity contribution in [3.8, 4) is 11.6 Å². The quantitative estimate of drug-likeness (QED) is 0.303. The molecule has 2 aliphatic rings. The van der Waals surface area contributed by atoms with Crippen molar-refractivity contribution in [2.24, 2.45) is 11.3 Å². The van der Waals surface area contributed by atoms with Gasteiger partial charge in [-0.3, -0.25) is 9.69 Å². The zero-order chi connectivity index (χ0) is 35.4. The Kier molecular flexibility index (Phi) is 11.9. The molecule has 2 aliphatic heterocycles. The van der Waals surface area contributed by atoms with E-state index in [0.717, 1.165) is 32.6 Å². The topological polar surface area (TPSA) is 124 Å². The molecule has 0 saturated carbocycles. The van der Waals surface area contributed by atoms with Gasteiger partial charge in [0, 0.05) is 62.3 Å². The molecule has 2 fully saturated rings. The normalized spacial score (nSPS) is 17.4. The molecule has 2 unspecified atom stereocenters. The first-order valence-corrected chi connectivity index (χ1v) is 17.2. The van der Waals surface area contributed by atoms with Crippen molar-refractivity contribution in [1.82, 2.24) is 29.9 Å². The number of nitrogens with zero attached hydrogens (tertiary/aromatic N) is 7. The molecule has 2 saturated heterocycles. The molecule has 2 aromatic rings. The maximum Gasteiger partial charge on any atom is 0.410 e. The standard InChI is InChI=1S/C35H54FN7O5/c1-10-42(24(5)6)32(45)27-16-25(36)12-13-29(27)48-31-30(37-22-38-39-31)40-15-14-35(19-40)20-41(21-35)28(23(3)4)17-26(44)18-47-33(46)43(11-2)34(7,8)9/h12-13,16,22-24,26,28,44H,10-11,14-15,17-21H2,1-9H3. The molecular formula is C35H54FN7O5. The number of hydrogen-bond acceptors (Lipinski definition) is 10. The third-order valence-corrected chi connectivity index (χ3v) is 9.49. The van der Waals surface area contributed by atoms with Gasteiger partial charge in [0.2, 0.25) is 0 Å². The van der Waals surface area contributed by atoms with Crippen LogP contribution < -0.4 is 9.64 Å². The van der Waals surface area contributed by atoms with Crippen molar-refractivity contribution in [1.29, 1.82) is 0 Å². The van der Waals surface area contributed by atoms with Crippen LogP contribution in [0.15, 0.2) is 24.5 Å². The van der Waals surface area contributed by atoms with Crippen molar-refractivity contribution >= 4 is 17.8 Å². The minimum atomic E-state index is -0.767. The van der Waals surface area contributed by atoms with Crippen LogP contribution in [0.1, 0.15) is 85.5 Å². The van der Waals surface area contributed by atoms with Crippen LogP contribution in [0.2, 0.25) is 0 Å². The number of aliphatic hydroxyl groups is 1. The van der Waals surface area contributed by atoms with E-state index >= 15 is 0 Å². The number of carbonyl (C=O) groups is 2. The molecule has 0 radical (unpaired) electrons. The number of aromatic nitrogens is 3. The lowest BCUT2D eigenvalue weighted by atomic mass is 9.76. The zero-order valence-electron chi connectivity index (χ0n) is 30.1. The van der Waals surface area contributed by atoms with Gasteiger partial charge < -0.3 is 29.3 Å². The number of carbonyl (C=O) groups excluding carboxylic acids is 2. The smallest absolute Gasteiger partial charge is 0.410 e. The molecule has 0 bridgehead atoms. The van der Waals surface area contributed by atoms with E-state index in [2.05, 4.69) is 38.8 Å². The summed E-state index contributed by atoms with van der Waals surface area (Å²) in [5.41, 5.74) is -0.208. The van der Waals surface area contributed by atoms with E-state index in [1.54, 1.807) is 9.80 Å². The van der Waals surface area contributed by atoms with E-state index in [9.17, 15) is 19.1 Å². The summed E-state index contributed by atoms with van der Waals surface area (Å²) in [6.07, 6.45) is 1.64. The number of benzene rings is 1. The molecule has 48 heavy (non-hydrogen) atoms. The molecule has 2 atom stereocenters. The molecule has 266 valence electrons. The number of amides is 2. The van der Waals surface area contributed by atoms with Crippen molar-refractivity contribution in [3.63, 3.8) is 0 Å². The van der Waals surface area contributed by atoms with Crippen LogP contribution in [0.25, 0.3) is 0 Å². The fourth-order valence-electron chi connectivity index (χ4n) is 7.04. The zero-order valence-corrected chi connectivity index (χ0v) is 30.1. The Hall–Kier alpha value is -3.58. The summed E-state index contributed by atoms with van der Waals surface area (Å²) >= 11 is 0. The van der Waals surface area contributed by atoms with Crippen LogP contribution in [0.3, 0.4) is 0 Å². The summed E-state index contributed by atoms with van der Waals surface area (Å²) in [6, 6.07) is 3.95. The average molecular weight is 672 g/mol. The summed E-state index contributed by atoms with van der Waals surface area (Å²) in [7, 11) is 0. The number of hydrogen-bond donors (Lipinski definition) is 1. The number of halogens is 1. The van der Waals surface area contributed by atoms with Gasteiger partial charge in [0.15, 0.2) is 5.82 Å². The second kappa shape index (κ2) is 15.3. The minimum Gasteiger partial charge on any atom is -0.447 e. The van der Waals surface area contributed by atoms with Crippen LogP contribution in [0.4, 0.5) is 15.0 Å². The number of rotatable bonds is 13. The van der Waals surface area contributed by atoms with Crippen molar-refractivity contribution in [3.05, 3.63) is 35.9 Å². The third-order valence-electron chi connectivity index (χ3n) is 9.49. The number of anilines is 1. The number of aliphatic hydroxyl groups excluding tert-OH is 1. The maximum atomic E-state index is 14.3. The first kappa shape index (κ1) is 37.2. The van der Waals surface area contributed by atoms with Gasteiger partial charge in [-0.2, -0.15) is 0 Å². The van der Waals surface area contributed by atoms with Gasteiger partial charge in [0.05, 0.1) is 11.7 Å². The van der Waals surface area contributed by atoms with E-state index in [1.165, 1.54) is 24.5 Å².